The van der Waals surface area contributed by atoms with Gasteiger partial charge in [0.2, 0.25) is 0 Å². The lowest BCUT2D eigenvalue weighted by Crippen LogP contribution is -2.50. The molecule has 1 heterocycles. The number of benzene rings is 1. The zero-order chi connectivity index (χ0) is 13.5. The van der Waals surface area contributed by atoms with Crippen LogP contribution in [0.15, 0.2) is 29.3 Å². The molecule has 1 aromatic rings. The number of rotatable bonds is 2. The van der Waals surface area contributed by atoms with Crippen LogP contribution in [0.2, 0.25) is 0 Å². The lowest BCUT2D eigenvalue weighted by molar-refractivity contribution is 0.434. The van der Waals surface area contributed by atoms with Crippen LogP contribution in [0.25, 0.3) is 0 Å². The van der Waals surface area contributed by atoms with Crippen molar-refractivity contribution >= 4 is 11.6 Å². The van der Waals surface area contributed by atoms with Gasteiger partial charge in [0.05, 0.1) is 12.1 Å². The monoisotopic (exact) mass is 261 g/mol. The molecule has 2 unspecified atom stereocenters. The first-order valence-corrected chi connectivity index (χ1v) is 7.00. The minimum Gasteiger partial charge on any atom is -0.369 e. The third-order valence-corrected chi connectivity index (χ3v) is 4.59. The van der Waals surface area contributed by atoms with Crippen LogP contribution in [0.3, 0.4) is 0 Å². The molecule has 102 valence electrons. The molecule has 2 N–H and O–H groups in total. The maximum Gasteiger partial charge on any atom is 0.196 e. The second kappa shape index (κ2) is 4.51. The van der Waals surface area contributed by atoms with Gasteiger partial charge in [-0.1, -0.05) is 13.3 Å². The molecule has 1 spiro atoms. The van der Waals surface area contributed by atoms with E-state index in [-0.39, 0.29) is 11.4 Å². The molecule has 1 aromatic carbocycles. The quantitative estimate of drug-likeness (QED) is 0.889. The number of halogens is 1. The van der Waals surface area contributed by atoms with E-state index in [4.69, 9.17) is 5.73 Å². The Labute approximate surface area is 113 Å². The van der Waals surface area contributed by atoms with E-state index >= 15 is 0 Å². The minimum atomic E-state index is -0.217. The van der Waals surface area contributed by atoms with Gasteiger partial charge in [-0.25, -0.2) is 4.39 Å². The fraction of sp³-hybridized carbons (Fsp3) is 0.533. The Bertz CT molecular complexity index is 497. The van der Waals surface area contributed by atoms with Crippen molar-refractivity contribution in [2.45, 2.75) is 38.1 Å². The van der Waals surface area contributed by atoms with Gasteiger partial charge in [0.15, 0.2) is 5.96 Å². The largest absolute Gasteiger partial charge is 0.369 e. The van der Waals surface area contributed by atoms with Gasteiger partial charge in [0.25, 0.3) is 0 Å². The molecule has 0 radical (unpaired) electrons. The summed E-state index contributed by atoms with van der Waals surface area (Å²) in [6, 6.07) is 6.57. The summed E-state index contributed by atoms with van der Waals surface area (Å²) in [5.41, 5.74) is 7.06. The second-order valence-electron chi connectivity index (χ2n) is 5.73. The maximum absolute atomic E-state index is 13.1. The van der Waals surface area contributed by atoms with Crippen molar-refractivity contribution in [3.05, 3.63) is 30.1 Å². The van der Waals surface area contributed by atoms with E-state index in [0.717, 1.165) is 31.0 Å². The van der Waals surface area contributed by atoms with Crippen molar-refractivity contribution in [2.75, 3.05) is 11.4 Å². The lowest BCUT2D eigenvalue weighted by atomic mass is 9.93. The van der Waals surface area contributed by atoms with Gasteiger partial charge in [-0.15, -0.1) is 0 Å². The summed E-state index contributed by atoms with van der Waals surface area (Å²) >= 11 is 0. The van der Waals surface area contributed by atoms with E-state index in [0.29, 0.717) is 5.96 Å². The van der Waals surface area contributed by atoms with E-state index in [1.165, 1.54) is 25.0 Å². The average molecular weight is 261 g/mol. The summed E-state index contributed by atoms with van der Waals surface area (Å²) in [5.74, 6) is 1.11. The van der Waals surface area contributed by atoms with Crippen LogP contribution >= 0.6 is 0 Å². The molecular weight excluding hydrogens is 241 g/mol. The molecule has 1 saturated carbocycles. The number of nitrogens with two attached hydrogens (primary N) is 1. The Morgan fingerprint density at radius 2 is 2.16 bits per heavy atom. The number of nitrogens with zero attached hydrogens (tertiary/aromatic N) is 2. The topological polar surface area (TPSA) is 41.6 Å². The number of hydrogen-bond donors (Lipinski definition) is 1. The predicted octanol–water partition coefficient (Wildman–Crippen LogP) is 2.91. The third-order valence-electron chi connectivity index (χ3n) is 4.59. The highest BCUT2D eigenvalue weighted by molar-refractivity contribution is 5.98. The number of aliphatic imine (C=N–C) groups is 1. The zero-order valence-electron chi connectivity index (χ0n) is 11.3. The highest BCUT2D eigenvalue weighted by Gasteiger charge is 2.47. The van der Waals surface area contributed by atoms with Crippen LogP contribution in [0.5, 0.6) is 0 Å². The smallest absolute Gasteiger partial charge is 0.196 e. The number of guanidine groups is 1. The van der Waals surface area contributed by atoms with E-state index in [1.807, 2.05) is 0 Å². The van der Waals surface area contributed by atoms with Crippen molar-refractivity contribution < 1.29 is 4.39 Å². The maximum atomic E-state index is 13.1. The Hall–Kier alpha value is -1.58. The van der Waals surface area contributed by atoms with Crippen molar-refractivity contribution in [1.29, 1.82) is 0 Å². The predicted molar refractivity (Wildman–Crippen MR) is 75.7 cm³/mol. The molecule has 1 aliphatic heterocycles. The summed E-state index contributed by atoms with van der Waals surface area (Å²) in [7, 11) is 0. The Balaban J connectivity index is 1.93. The van der Waals surface area contributed by atoms with Crippen LogP contribution in [0, 0.1) is 11.7 Å². The normalized spacial score (nSPS) is 30.1. The Morgan fingerprint density at radius 3 is 2.79 bits per heavy atom. The van der Waals surface area contributed by atoms with Gasteiger partial charge in [0, 0.05) is 5.69 Å². The van der Waals surface area contributed by atoms with Crippen LogP contribution in [0.1, 0.15) is 32.6 Å². The van der Waals surface area contributed by atoms with Gasteiger partial charge in [-0.05, 0) is 49.4 Å². The summed E-state index contributed by atoms with van der Waals surface area (Å²) in [4.78, 5) is 6.57. The molecule has 2 aliphatic rings. The van der Waals surface area contributed by atoms with Gasteiger partial charge in [0.1, 0.15) is 5.82 Å². The fourth-order valence-electron chi connectivity index (χ4n) is 3.52. The molecule has 3 rings (SSSR count). The molecule has 2 atom stereocenters. The average Bonchev–Trinajstić information content (AvgIpc) is 2.97. The first-order chi connectivity index (χ1) is 9.14. The van der Waals surface area contributed by atoms with Crippen molar-refractivity contribution in [1.82, 2.24) is 0 Å². The molecule has 0 saturated heterocycles. The van der Waals surface area contributed by atoms with Gasteiger partial charge < -0.3 is 10.6 Å². The summed E-state index contributed by atoms with van der Waals surface area (Å²) in [6.07, 6.45) is 4.69. The van der Waals surface area contributed by atoms with Crippen LogP contribution in [-0.4, -0.2) is 18.0 Å². The second-order valence-corrected chi connectivity index (χ2v) is 5.73. The Kier molecular flexibility index (Phi) is 2.96. The highest BCUT2D eigenvalue weighted by atomic mass is 19.1. The zero-order valence-corrected chi connectivity index (χ0v) is 11.3. The standard InChI is InChI=1S/C15H20FN3/c1-2-11-7-8-15(9-11)10-18-14(17)19(15)13-5-3-12(16)4-6-13/h3-6,11H,2,7-10H2,1H3,(H2,17,18). The SMILES string of the molecule is CCC1CCC2(CN=C(N)N2c2ccc(F)cc2)C1. The minimum absolute atomic E-state index is 0.0303. The van der Waals surface area contributed by atoms with Crippen molar-refractivity contribution in [3.63, 3.8) is 0 Å². The summed E-state index contributed by atoms with van der Waals surface area (Å²) < 4.78 is 13.1. The van der Waals surface area contributed by atoms with Crippen molar-refractivity contribution in [2.24, 2.45) is 16.6 Å². The molecular formula is C15H20FN3. The molecule has 19 heavy (non-hydrogen) atoms. The van der Waals surface area contributed by atoms with E-state index < -0.39 is 0 Å². The van der Waals surface area contributed by atoms with E-state index in [1.54, 1.807) is 12.1 Å². The molecule has 1 aliphatic carbocycles. The molecule has 1 fully saturated rings. The molecule has 3 nitrogen and oxygen atoms in total. The van der Waals surface area contributed by atoms with Gasteiger partial charge in [-0.3, -0.25) is 4.99 Å². The first-order valence-electron chi connectivity index (χ1n) is 7.00. The van der Waals surface area contributed by atoms with Crippen LogP contribution in [0.4, 0.5) is 10.1 Å². The Morgan fingerprint density at radius 1 is 1.42 bits per heavy atom. The fourth-order valence-corrected chi connectivity index (χ4v) is 3.52. The van der Waals surface area contributed by atoms with Gasteiger partial charge in [-0.2, -0.15) is 0 Å². The lowest BCUT2D eigenvalue weighted by Gasteiger charge is -2.36. The van der Waals surface area contributed by atoms with E-state index in [9.17, 15) is 4.39 Å². The molecule has 0 aromatic heterocycles. The number of hydrogen-bond acceptors (Lipinski definition) is 3. The van der Waals surface area contributed by atoms with Crippen LogP contribution < -0.4 is 10.6 Å². The summed E-state index contributed by atoms with van der Waals surface area (Å²) in [6.45, 7) is 3.01. The van der Waals surface area contributed by atoms with Crippen LogP contribution in [-0.2, 0) is 0 Å². The summed E-state index contributed by atoms with van der Waals surface area (Å²) in [5, 5.41) is 0. The van der Waals surface area contributed by atoms with Gasteiger partial charge >= 0.3 is 0 Å². The first kappa shape index (κ1) is 12.5. The molecule has 0 amide bonds. The highest BCUT2D eigenvalue weighted by Crippen LogP contribution is 2.44. The van der Waals surface area contributed by atoms with Crippen molar-refractivity contribution in [3.8, 4) is 0 Å². The third kappa shape index (κ3) is 1.99. The number of anilines is 1. The van der Waals surface area contributed by atoms with E-state index in [2.05, 4.69) is 16.8 Å². The molecule has 4 heteroatoms. The molecule has 0 bridgehead atoms.